The summed E-state index contributed by atoms with van der Waals surface area (Å²) in [6.07, 6.45) is 4.36. The van der Waals surface area contributed by atoms with Crippen LogP contribution in [-0.4, -0.2) is 29.9 Å². The van der Waals surface area contributed by atoms with E-state index in [0.717, 1.165) is 44.5 Å². The standard InChI is InChI=1S/C16H22N2O/c1-2-13-6-4-10-18(13)16(19)15-7-3-5-12-11-17-9-8-14(12)15/h3,5,7,13,17H,2,4,6,8-11H2,1H3. The lowest BCUT2D eigenvalue weighted by atomic mass is 9.94. The summed E-state index contributed by atoms with van der Waals surface area (Å²) in [4.78, 5) is 14.9. The van der Waals surface area contributed by atoms with Gasteiger partial charge in [-0.2, -0.15) is 0 Å². The van der Waals surface area contributed by atoms with E-state index in [1.54, 1.807) is 0 Å². The van der Waals surface area contributed by atoms with Crippen molar-refractivity contribution in [1.29, 1.82) is 0 Å². The van der Waals surface area contributed by atoms with Crippen molar-refractivity contribution in [3.05, 3.63) is 34.9 Å². The highest BCUT2D eigenvalue weighted by Gasteiger charge is 2.29. The van der Waals surface area contributed by atoms with Crippen LogP contribution < -0.4 is 5.32 Å². The van der Waals surface area contributed by atoms with Crippen molar-refractivity contribution < 1.29 is 4.79 Å². The smallest absolute Gasteiger partial charge is 0.254 e. The first kappa shape index (κ1) is 12.7. The minimum absolute atomic E-state index is 0.253. The topological polar surface area (TPSA) is 32.3 Å². The molecule has 0 radical (unpaired) electrons. The molecule has 1 atom stereocenters. The van der Waals surface area contributed by atoms with Gasteiger partial charge in [-0.3, -0.25) is 4.79 Å². The normalized spacial score (nSPS) is 22.4. The molecule has 0 aromatic heterocycles. The van der Waals surface area contributed by atoms with E-state index in [4.69, 9.17) is 0 Å². The van der Waals surface area contributed by atoms with Crippen molar-refractivity contribution in [3.8, 4) is 0 Å². The number of nitrogens with zero attached hydrogens (tertiary/aromatic N) is 1. The summed E-state index contributed by atoms with van der Waals surface area (Å²) < 4.78 is 0. The fraction of sp³-hybridized carbons (Fsp3) is 0.562. The Kier molecular flexibility index (Phi) is 3.56. The quantitative estimate of drug-likeness (QED) is 0.883. The maximum Gasteiger partial charge on any atom is 0.254 e. The monoisotopic (exact) mass is 258 g/mol. The first-order valence-electron chi connectivity index (χ1n) is 7.43. The number of rotatable bonds is 2. The SMILES string of the molecule is CCC1CCCN1C(=O)c1cccc2c1CCNC2. The van der Waals surface area contributed by atoms with Crippen LogP contribution in [0.5, 0.6) is 0 Å². The van der Waals surface area contributed by atoms with Crippen molar-refractivity contribution >= 4 is 5.91 Å². The summed E-state index contributed by atoms with van der Waals surface area (Å²) in [6.45, 7) is 4.99. The Morgan fingerprint density at radius 1 is 1.47 bits per heavy atom. The summed E-state index contributed by atoms with van der Waals surface area (Å²) >= 11 is 0. The average molecular weight is 258 g/mol. The van der Waals surface area contributed by atoms with E-state index in [2.05, 4.69) is 23.2 Å². The van der Waals surface area contributed by atoms with E-state index in [1.165, 1.54) is 17.5 Å². The number of hydrogen-bond acceptors (Lipinski definition) is 2. The summed E-state index contributed by atoms with van der Waals surface area (Å²) in [6, 6.07) is 6.62. The van der Waals surface area contributed by atoms with Crippen LogP contribution in [0.3, 0.4) is 0 Å². The molecule has 1 saturated heterocycles. The second-order valence-corrected chi connectivity index (χ2v) is 5.57. The highest BCUT2D eigenvalue weighted by atomic mass is 16.2. The van der Waals surface area contributed by atoms with Crippen LogP contribution in [0.2, 0.25) is 0 Å². The van der Waals surface area contributed by atoms with Crippen LogP contribution in [0.25, 0.3) is 0 Å². The summed E-state index contributed by atoms with van der Waals surface area (Å²) in [5, 5.41) is 3.37. The number of fused-ring (bicyclic) bond motifs is 1. The molecule has 3 rings (SSSR count). The molecule has 2 heterocycles. The van der Waals surface area contributed by atoms with E-state index in [9.17, 15) is 4.79 Å². The lowest BCUT2D eigenvalue weighted by molar-refractivity contribution is 0.0732. The Morgan fingerprint density at radius 2 is 2.37 bits per heavy atom. The van der Waals surface area contributed by atoms with Gasteiger partial charge in [0.2, 0.25) is 0 Å². The second kappa shape index (κ2) is 5.33. The van der Waals surface area contributed by atoms with Gasteiger partial charge in [0.05, 0.1) is 0 Å². The van der Waals surface area contributed by atoms with E-state index in [-0.39, 0.29) is 5.91 Å². The molecule has 0 aliphatic carbocycles. The van der Waals surface area contributed by atoms with Gasteiger partial charge in [0, 0.05) is 24.7 Å². The Hall–Kier alpha value is -1.35. The average Bonchev–Trinajstić information content (AvgIpc) is 2.94. The van der Waals surface area contributed by atoms with Gasteiger partial charge in [0.25, 0.3) is 5.91 Å². The molecule has 2 aliphatic rings. The van der Waals surface area contributed by atoms with Gasteiger partial charge in [-0.1, -0.05) is 19.1 Å². The molecular formula is C16H22N2O. The van der Waals surface area contributed by atoms with Gasteiger partial charge >= 0.3 is 0 Å². The lowest BCUT2D eigenvalue weighted by Gasteiger charge is -2.27. The molecule has 19 heavy (non-hydrogen) atoms. The molecule has 1 amide bonds. The Morgan fingerprint density at radius 3 is 3.21 bits per heavy atom. The maximum absolute atomic E-state index is 12.8. The summed E-state index contributed by atoms with van der Waals surface area (Å²) in [7, 11) is 0. The number of carbonyl (C=O) groups is 1. The third-order valence-electron chi connectivity index (χ3n) is 4.48. The number of likely N-dealkylation sites (tertiary alicyclic amines) is 1. The van der Waals surface area contributed by atoms with Crippen molar-refractivity contribution in [2.45, 2.75) is 45.2 Å². The number of hydrogen-bond donors (Lipinski definition) is 1. The lowest BCUT2D eigenvalue weighted by Crippen LogP contribution is -2.36. The van der Waals surface area contributed by atoms with Crippen molar-refractivity contribution in [2.75, 3.05) is 13.1 Å². The molecule has 0 spiro atoms. The van der Waals surface area contributed by atoms with Crippen LogP contribution in [-0.2, 0) is 13.0 Å². The molecule has 1 fully saturated rings. The van der Waals surface area contributed by atoms with Crippen molar-refractivity contribution in [2.24, 2.45) is 0 Å². The molecule has 1 N–H and O–H groups in total. The molecule has 102 valence electrons. The Bertz CT molecular complexity index is 484. The fourth-order valence-electron chi connectivity index (χ4n) is 3.41. The Balaban J connectivity index is 1.91. The third kappa shape index (κ3) is 2.27. The van der Waals surface area contributed by atoms with E-state index >= 15 is 0 Å². The largest absolute Gasteiger partial charge is 0.336 e. The van der Waals surface area contributed by atoms with Gasteiger partial charge in [0.1, 0.15) is 0 Å². The number of amides is 1. The first-order chi connectivity index (χ1) is 9.31. The molecule has 3 nitrogen and oxygen atoms in total. The number of benzene rings is 1. The maximum atomic E-state index is 12.8. The summed E-state index contributed by atoms with van der Waals surface area (Å²) in [5.41, 5.74) is 3.51. The number of nitrogens with one attached hydrogen (secondary N) is 1. The molecule has 1 aromatic carbocycles. The van der Waals surface area contributed by atoms with Gasteiger partial charge < -0.3 is 10.2 Å². The van der Waals surface area contributed by atoms with Gasteiger partial charge in [-0.05, 0) is 49.4 Å². The molecule has 1 unspecified atom stereocenters. The molecule has 0 saturated carbocycles. The van der Waals surface area contributed by atoms with E-state index < -0.39 is 0 Å². The van der Waals surface area contributed by atoms with E-state index in [1.807, 2.05) is 12.1 Å². The van der Waals surface area contributed by atoms with Crippen molar-refractivity contribution in [3.63, 3.8) is 0 Å². The molecule has 1 aromatic rings. The second-order valence-electron chi connectivity index (χ2n) is 5.57. The highest BCUT2D eigenvalue weighted by molar-refractivity contribution is 5.96. The molecule has 2 aliphatic heterocycles. The first-order valence-corrected chi connectivity index (χ1v) is 7.43. The molecule has 3 heteroatoms. The minimum Gasteiger partial charge on any atom is -0.336 e. The predicted octanol–water partition coefficient (Wildman–Crippen LogP) is 2.35. The van der Waals surface area contributed by atoms with Crippen LogP contribution >= 0.6 is 0 Å². The van der Waals surface area contributed by atoms with Crippen LogP contribution in [0.15, 0.2) is 18.2 Å². The van der Waals surface area contributed by atoms with Crippen molar-refractivity contribution in [1.82, 2.24) is 10.2 Å². The fourth-order valence-corrected chi connectivity index (χ4v) is 3.41. The van der Waals surface area contributed by atoms with Gasteiger partial charge in [-0.15, -0.1) is 0 Å². The zero-order valence-corrected chi connectivity index (χ0v) is 11.6. The van der Waals surface area contributed by atoms with Crippen LogP contribution in [0, 0.1) is 0 Å². The van der Waals surface area contributed by atoms with Crippen LogP contribution in [0.1, 0.15) is 47.7 Å². The van der Waals surface area contributed by atoms with Crippen LogP contribution in [0.4, 0.5) is 0 Å². The highest BCUT2D eigenvalue weighted by Crippen LogP contribution is 2.25. The Labute approximate surface area is 115 Å². The van der Waals surface area contributed by atoms with E-state index in [0.29, 0.717) is 6.04 Å². The molecular weight excluding hydrogens is 236 g/mol. The predicted molar refractivity (Wildman–Crippen MR) is 76.2 cm³/mol. The van der Waals surface area contributed by atoms with Gasteiger partial charge in [-0.25, -0.2) is 0 Å². The van der Waals surface area contributed by atoms with Gasteiger partial charge in [0.15, 0.2) is 0 Å². The third-order valence-corrected chi connectivity index (χ3v) is 4.48. The summed E-state index contributed by atoms with van der Waals surface area (Å²) in [5.74, 6) is 0.253. The zero-order chi connectivity index (χ0) is 13.2. The minimum atomic E-state index is 0.253. The zero-order valence-electron chi connectivity index (χ0n) is 11.6. The molecule has 0 bridgehead atoms. The number of carbonyl (C=O) groups excluding carboxylic acids is 1.